The lowest BCUT2D eigenvalue weighted by atomic mass is 9.80. The summed E-state index contributed by atoms with van der Waals surface area (Å²) in [6, 6.07) is 5.55. The van der Waals surface area contributed by atoms with Gasteiger partial charge in [-0.25, -0.2) is 0 Å². The van der Waals surface area contributed by atoms with Crippen LogP contribution >= 0.6 is 11.6 Å². The van der Waals surface area contributed by atoms with Gasteiger partial charge in [-0.3, -0.25) is 0 Å². The van der Waals surface area contributed by atoms with E-state index in [1.807, 2.05) is 31.3 Å². The van der Waals surface area contributed by atoms with E-state index in [-0.39, 0.29) is 0 Å². The average Bonchev–Trinajstić information content (AvgIpc) is 2.24. The number of rotatable bonds is 0. The van der Waals surface area contributed by atoms with Crippen LogP contribution in [0.4, 0.5) is 0 Å². The van der Waals surface area contributed by atoms with Crippen LogP contribution in [-0.4, -0.2) is 20.5 Å². The molecule has 0 fully saturated rings. The SMILES string of the molecule is C[Si]1(C)OB(O)c2cccc(Cl)c21. The van der Waals surface area contributed by atoms with Crippen LogP contribution in [0.3, 0.4) is 0 Å². The van der Waals surface area contributed by atoms with Gasteiger partial charge in [-0.05, 0) is 29.8 Å². The topological polar surface area (TPSA) is 29.5 Å². The summed E-state index contributed by atoms with van der Waals surface area (Å²) in [6.45, 7) is 4.07. The highest BCUT2D eigenvalue weighted by Crippen LogP contribution is 2.17. The Hall–Kier alpha value is -0.288. The molecule has 2 rings (SSSR count). The van der Waals surface area contributed by atoms with Crippen molar-refractivity contribution in [1.82, 2.24) is 0 Å². The molecule has 0 unspecified atom stereocenters. The second kappa shape index (κ2) is 2.85. The van der Waals surface area contributed by atoms with E-state index in [9.17, 15) is 5.02 Å². The molecule has 0 bridgehead atoms. The Balaban J connectivity index is 2.66. The molecule has 1 aromatic carbocycles. The fourth-order valence-corrected chi connectivity index (χ4v) is 5.01. The minimum Gasteiger partial charge on any atom is -0.446 e. The summed E-state index contributed by atoms with van der Waals surface area (Å²) in [5.74, 6) is 0. The molecule has 13 heavy (non-hydrogen) atoms. The van der Waals surface area contributed by atoms with Crippen LogP contribution in [-0.2, 0) is 4.34 Å². The maximum atomic E-state index is 9.60. The van der Waals surface area contributed by atoms with Crippen molar-refractivity contribution in [1.29, 1.82) is 0 Å². The third-order valence-electron chi connectivity index (χ3n) is 2.32. The van der Waals surface area contributed by atoms with E-state index in [0.717, 1.165) is 10.6 Å². The second-order valence-electron chi connectivity index (χ2n) is 3.68. The molecule has 1 aliphatic rings. The lowest BCUT2D eigenvalue weighted by Crippen LogP contribution is -2.44. The summed E-state index contributed by atoms with van der Waals surface area (Å²) in [6.07, 6.45) is 0. The summed E-state index contributed by atoms with van der Waals surface area (Å²) in [4.78, 5) is 0. The quantitative estimate of drug-likeness (QED) is 0.634. The summed E-state index contributed by atoms with van der Waals surface area (Å²) in [5, 5.41) is 11.3. The second-order valence-corrected chi connectivity index (χ2v) is 7.85. The molecule has 0 aromatic heterocycles. The van der Waals surface area contributed by atoms with Gasteiger partial charge in [0.05, 0.1) is 0 Å². The number of hydrogen-bond donors (Lipinski definition) is 1. The summed E-state index contributed by atoms with van der Waals surface area (Å²) in [7, 11) is -2.73. The molecule has 68 valence electrons. The van der Waals surface area contributed by atoms with Crippen LogP contribution in [0.5, 0.6) is 0 Å². The normalized spacial score (nSPS) is 18.9. The highest BCUT2D eigenvalue weighted by atomic mass is 35.5. The van der Waals surface area contributed by atoms with Gasteiger partial charge in [-0.15, -0.1) is 0 Å². The maximum absolute atomic E-state index is 9.60. The molecule has 0 radical (unpaired) electrons. The summed E-state index contributed by atoms with van der Waals surface area (Å²) < 4.78 is 5.51. The number of halogens is 1. The number of benzene rings is 1. The van der Waals surface area contributed by atoms with Gasteiger partial charge in [0.1, 0.15) is 0 Å². The lowest BCUT2D eigenvalue weighted by Gasteiger charge is -2.17. The van der Waals surface area contributed by atoms with E-state index in [2.05, 4.69) is 0 Å². The molecule has 0 saturated carbocycles. The first-order chi connectivity index (χ1) is 6.02. The third-order valence-corrected chi connectivity index (χ3v) is 5.37. The van der Waals surface area contributed by atoms with E-state index in [1.54, 1.807) is 0 Å². The lowest BCUT2D eigenvalue weighted by molar-refractivity contribution is 0.441. The minimum atomic E-state index is -1.95. The van der Waals surface area contributed by atoms with Crippen LogP contribution in [0.15, 0.2) is 18.2 Å². The Morgan fingerprint density at radius 2 is 2.15 bits per heavy atom. The first-order valence-corrected chi connectivity index (χ1v) is 7.46. The van der Waals surface area contributed by atoms with Crippen molar-refractivity contribution >= 4 is 37.7 Å². The Labute approximate surface area is 83.8 Å². The molecule has 1 aliphatic heterocycles. The Morgan fingerprint density at radius 3 is 2.77 bits per heavy atom. The predicted octanol–water partition coefficient (Wildman–Crippen LogP) is 0.470. The van der Waals surface area contributed by atoms with Crippen molar-refractivity contribution in [2.45, 2.75) is 13.1 Å². The van der Waals surface area contributed by atoms with Gasteiger partial charge >= 0.3 is 7.12 Å². The van der Waals surface area contributed by atoms with Crippen molar-refractivity contribution in [2.75, 3.05) is 0 Å². The van der Waals surface area contributed by atoms with Crippen LogP contribution in [0.25, 0.3) is 0 Å². The molecule has 1 aromatic rings. The molecule has 1 N–H and O–H groups in total. The van der Waals surface area contributed by atoms with Gasteiger partial charge in [0.2, 0.25) is 8.32 Å². The third kappa shape index (κ3) is 1.34. The number of hydrogen-bond acceptors (Lipinski definition) is 2. The Kier molecular flexibility index (Phi) is 2.03. The maximum Gasteiger partial charge on any atom is 0.480 e. The summed E-state index contributed by atoms with van der Waals surface area (Å²) in [5.41, 5.74) is 0.837. The predicted molar refractivity (Wildman–Crippen MR) is 57.3 cm³/mol. The first kappa shape index (κ1) is 9.27. The molecule has 0 amide bonds. The first-order valence-electron chi connectivity index (χ1n) is 4.17. The monoisotopic (exact) mass is 212 g/mol. The highest BCUT2D eigenvalue weighted by molar-refractivity contribution is 6.98. The fourth-order valence-electron chi connectivity index (χ4n) is 1.78. The van der Waals surface area contributed by atoms with Gasteiger partial charge in [0.25, 0.3) is 0 Å². The molecular weight excluding hydrogens is 202 g/mol. The zero-order chi connectivity index (χ0) is 9.64. The Morgan fingerprint density at radius 1 is 1.46 bits per heavy atom. The summed E-state index contributed by atoms with van der Waals surface area (Å²) >= 11 is 6.06. The molecule has 1 heterocycles. The van der Waals surface area contributed by atoms with Gasteiger partial charge < -0.3 is 9.37 Å². The average molecular weight is 213 g/mol. The van der Waals surface area contributed by atoms with Crippen molar-refractivity contribution in [3.8, 4) is 0 Å². The molecule has 0 atom stereocenters. The fraction of sp³-hybridized carbons (Fsp3) is 0.250. The molecule has 0 aliphatic carbocycles. The van der Waals surface area contributed by atoms with Crippen LogP contribution in [0.1, 0.15) is 0 Å². The van der Waals surface area contributed by atoms with E-state index in [0.29, 0.717) is 5.02 Å². The van der Waals surface area contributed by atoms with Gasteiger partial charge in [0, 0.05) is 5.02 Å². The Bertz CT molecular complexity index is 356. The van der Waals surface area contributed by atoms with Crippen molar-refractivity contribution in [3.05, 3.63) is 23.2 Å². The smallest absolute Gasteiger partial charge is 0.446 e. The van der Waals surface area contributed by atoms with E-state index >= 15 is 0 Å². The van der Waals surface area contributed by atoms with E-state index in [4.69, 9.17) is 15.9 Å². The minimum absolute atomic E-state index is 0.714. The van der Waals surface area contributed by atoms with E-state index in [1.165, 1.54) is 0 Å². The zero-order valence-corrected chi connectivity index (χ0v) is 9.30. The van der Waals surface area contributed by atoms with Crippen LogP contribution in [0.2, 0.25) is 18.1 Å². The van der Waals surface area contributed by atoms with Crippen LogP contribution < -0.4 is 10.6 Å². The molecular formula is C8H10BClO2Si. The van der Waals surface area contributed by atoms with Crippen LogP contribution in [0, 0.1) is 0 Å². The highest BCUT2D eigenvalue weighted by Gasteiger charge is 2.43. The molecule has 0 saturated heterocycles. The standard InChI is InChI=1S/C8H10BClO2Si/c1-13(2)8-6(9(11)12-13)4-3-5-7(8)10/h3-5,11H,1-2H3. The molecule has 5 heteroatoms. The van der Waals surface area contributed by atoms with Gasteiger partial charge in [0.15, 0.2) is 0 Å². The van der Waals surface area contributed by atoms with Crippen molar-refractivity contribution in [2.24, 2.45) is 0 Å². The zero-order valence-electron chi connectivity index (χ0n) is 7.54. The van der Waals surface area contributed by atoms with Crippen molar-refractivity contribution in [3.63, 3.8) is 0 Å². The van der Waals surface area contributed by atoms with Crippen molar-refractivity contribution < 1.29 is 9.37 Å². The van der Waals surface area contributed by atoms with Gasteiger partial charge in [-0.2, -0.15) is 0 Å². The number of fused-ring (bicyclic) bond motifs is 1. The van der Waals surface area contributed by atoms with E-state index < -0.39 is 15.4 Å². The molecule has 2 nitrogen and oxygen atoms in total. The largest absolute Gasteiger partial charge is 0.480 e. The van der Waals surface area contributed by atoms with Gasteiger partial charge in [-0.1, -0.05) is 23.7 Å². The molecule has 0 spiro atoms.